The van der Waals surface area contributed by atoms with Gasteiger partial charge in [-0.2, -0.15) is 0 Å². The Morgan fingerprint density at radius 2 is 2.21 bits per heavy atom. The highest BCUT2D eigenvalue weighted by Gasteiger charge is 2.06. The van der Waals surface area contributed by atoms with Gasteiger partial charge in [0, 0.05) is 12.5 Å². The monoisotopic (exact) mass is 222 g/mol. The Labute approximate surface area is 90.7 Å². The van der Waals surface area contributed by atoms with Gasteiger partial charge in [-0.15, -0.1) is 11.6 Å². The summed E-state index contributed by atoms with van der Waals surface area (Å²) in [6, 6.07) is 0. The summed E-state index contributed by atoms with van der Waals surface area (Å²) in [7, 11) is 0. The van der Waals surface area contributed by atoms with Crippen LogP contribution in [0.15, 0.2) is 0 Å². The maximum absolute atomic E-state index is 10.9. The van der Waals surface area contributed by atoms with Crippen molar-refractivity contribution in [1.82, 2.24) is 0 Å². The van der Waals surface area contributed by atoms with Crippen molar-refractivity contribution in [2.75, 3.05) is 19.1 Å². The second-order valence-corrected chi connectivity index (χ2v) is 3.53. The van der Waals surface area contributed by atoms with Crippen molar-refractivity contribution in [1.29, 1.82) is 0 Å². The third-order valence-corrected chi connectivity index (χ3v) is 1.87. The topological polar surface area (TPSA) is 35.5 Å². The van der Waals surface area contributed by atoms with Gasteiger partial charge < -0.3 is 9.47 Å². The number of halogens is 1. The third-order valence-electron chi connectivity index (χ3n) is 1.68. The molecule has 0 saturated carbocycles. The minimum absolute atomic E-state index is 0.0270. The quantitative estimate of drug-likeness (QED) is 0.359. The lowest BCUT2D eigenvalue weighted by Gasteiger charge is -2.12. The molecular formula is C10H19ClO3. The number of rotatable bonds is 8. The molecule has 0 heterocycles. The van der Waals surface area contributed by atoms with Gasteiger partial charge >= 0.3 is 5.97 Å². The van der Waals surface area contributed by atoms with E-state index in [1.54, 1.807) is 0 Å². The normalized spacial score (nSPS) is 12.5. The first-order valence-electron chi connectivity index (χ1n) is 5.03. The molecule has 0 rings (SSSR count). The number of alkyl halides is 1. The lowest BCUT2D eigenvalue weighted by Crippen LogP contribution is -2.19. The number of hydrogen-bond donors (Lipinski definition) is 0. The maximum Gasteiger partial charge on any atom is 0.307 e. The summed E-state index contributed by atoms with van der Waals surface area (Å²) in [4.78, 5) is 10.9. The van der Waals surface area contributed by atoms with Gasteiger partial charge in [0.1, 0.15) is 6.61 Å². The number of unbranched alkanes of at least 4 members (excludes halogenated alkanes) is 1. The Balaban J connectivity index is 3.33. The highest BCUT2D eigenvalue weighted by molar-refractivity contribution is 6.18. The average Bonchev–Trinajstić information content (AvgIpc) is 2.16. The van der Waals surface area contributed by atoms with E-state index in [0.717, 1.165) is 19.4 Å². The van der Waals surface area contributed by atoms with E-state index in [9.17, 15) is 4.79 Å². The molecule has 0 aliphatic carbocycles. The highest BCUT2D eigenvalue weighted by Crippen LogP contribution is 1.97. The van der Waals surface area contributed by atoms with Gasteiger partial charge in [0.15, 0.2) is 0 Å². The highest BCUT2D eigenvalue weighted by atomic mass is 35.5. The Bertz CT molecular complexity index is 150. The minimum atomic E-state index is -0.258. The fourth-order valence-corrected chi connectivity index (χ4v) is 0.991. The first-order chi connectivity index (χ1) is 6.70. The Kier molecular flexibility index (Phi) is 9.10. The summed E-state index contributed by atoms with van der Waals surface area (Å²) in [5, 5.41) is 0. The summed E-state index contributed by atoms with van der Waals surface area (Å²) in [5.74, 6) is 0.0510. The van der Waals surface area contributed by atoms with Crippen LogP contribution in [0.5, 0.6) is 0 Å². The fourth-order valence-electron chi connectivity index (χ4n) is 0.837. The van der Waals surface area contributed by atoms with Crippen LogP contribution in [-0.2, 0) is 14.3 Å². The van der Waals surface area contributed by atoms with E-state index in [1.807, 2.05) is 6.92 Å². The summed E-state index contributed by atoms with van der Waals surface area (Å²) < 4.78 is 10.3. The van der Waals surface area contributed by atoms with Crippen LogP contribution in [-0.4, -0.2) is 31.2 Å². The molecular weight excluding hydrogens is 204 g/mol. The zero-order valence-corrected chi connectivity index (χ0v) is 9.68. The molecule has 0 N–H and O–H groups in total. The van der Waals surface area contributed by atoms with Crippen LogP contribution >= 0.6 is 11.6 Å². The molecule has 1 atom stereocenters. The van der Waals surface area contributed by atoms with Crippen molar-refractivity contribution in [2.24, 2.45) is 0 Å². The molecule has 0 radical (unpaired) electrons. The SMILES string of the molecule is CCCCOC(C)COC(=O)CCCl. The van der Waals surface area contributed by atoms with Crippen molar-refractivity contribution in [3.63, 3.8) is 0 Å². The lowest BCUT2D eigenvalue weighted by molar-refractivity contribution is -0.147. The van der Waals surface area contributed by atoms with Crippen molar-refractivity contribution in [3.05, 3.63) is 0 Å². The number of esters is 1. The number of carbonyl (C=O) groups is 1. The number of carbonyl (C=O) groups excluding carboxylic acids is 1. The van der Waals surface area contributed by atoms with Crippen LogP contribution in [0.4, 0.5) is 0 Å². The van der Waals surface area contributed by atoms with Gasteiger partial charge in [-0.25, -0.2) is 0 Å². The predicted octanol–water partition coefficient (Wildman–Crippen LogP) is 2.36. The van der Waals surface area contributed by atoms with E-state index < -0.39 is 0 Å². The molecule has 3 nitrogen and oxygen atoms in total. The molecule has 0 aromatic rings. The molecule has 84 valence electrons. The lowest BCUT2D eigenvalue weighted by atomic mass is 10.3. The second-order valence-electron chi connectivity index (χ2n) is 3.16. The molecule has 0 bridgehead atoms. The van der Waals surface area contributed by atoms with Crippen molar-refractivity contribution >= 4 is 17.6 Å². The van der Waals surface area contributed by atoms with Gasteiger partial charge in [0.2, 0.25) is 0 Å². The van der Waals surface area contributed by atoms with E-state index in [1.165, 1.54) is 0 Å². The summed E-state index contributed by atoms with van der Waals surface area (Å²) in [6.45, 7) is 5.04. The van der Waals surface area contributed by atoms with Crippen LogP contribution in [0.25, 0.3) is 0 Å². The van der Waals surface area contributed by atoms with E-state index in [0.29, 0.717) is 12.5 Å². The predicted molar refractivity (Wildman–Crippen MR) is 56.6 cm³/mol. The Morgan fingerprint density at radius 1 is 1.50 bits per heavy atom. The van der Waals surface area contributed by atoms with Crippen LogP contribution in [0, 0.1) is 0 Å². The second kappa shape index (κ2) is 9.28. The number of ether oxygens (including phenoxy) is 2. The largest absolute Gasteiger partial charge is 0.463 e. The third kappa shape index (κ3) is 8.32. The van der Waals surface area contributed by atoms with Crippen LogP contribution in [0.1, 0.15) is 33.1 Å². The molecule has 0 aromatic heterocycles. The van der Waals surface area contributed by atoms with E-state index >= 15 is 0 Å². The average molecular weight is 223 g/mol. The molecule has 0 amide bonds. The minimum Gasteiger partial charge on any atom is -0.463 e. The fraction of sp³-hybridized carbons (Fsp3) is 0.900. The molecule has 0 spiro atoms. The number of hydrogen-bond acceptors (Lipinski definition) is 3. The van der Waals surface area contributed by atoms with Gasteiger partial charge in [0.25, 0.3) is 0 Å². The molecule has 0 aliphatic heterocycles. The summed E-state index contributed by atoms with van der Waals surface area (Å²) >= 11 is 5.38. The van der Waals surface area contributed by atoms with E-state index in [2.05, 4.69) is 6.92 Å². The molecule has 0 aromatic carbocycles. The van der Waals surface area contributed by atoms with E-state index in [4.69, 9.17) is 21.1 Å². The zero-order valence-electron chi connectivity index (χ0n) is 8.92. The van der Waals surface area contributed by atoms with Crippen LogP contribution in [0.3, 0.4) is 0 Å². The van der Waals surface area contributed by atoms with Gasteiger partial charge in [-0.1, -0.05) is 13.3 Å². The molecule has 4 heteroatoms. The van der Waals surface area contributed by atoms with Gasteiger partial charge in [-0.05, 0) is 13.3 Å². The van der Waals surface area contributed by atoms with Crippen molar-refractivity contribution in [2.45, 2.75) is 39.2 Å². The van der Waals surface area contributed by atoms with E-state index in [-0.39, 0.29) is 18.5 Å². The molecule has 14 heavy (non-hydrogen) atoms. The molecule has 1 unspecified atom stereocenters. The molecule has 0 fully saturated rings. The molecule has 0 saturated heterocycles. The van der Waals surface area contributed by atoms with Crippen molar-refractivity contribution < 1.29 is 14.3 Å². The maximum atomic E-state index is 10.9. The standard InChI is InChI=1S/C10H19ClO3/c1-3-4-7-13-9(2)8-14-10(12)5-6-11/h9H,3-8H2,1-2H3. The molecule has 0 aliphatic rings. The smallest absolute Gasteiger partial charge is 0.307 e. The zero-order chi connectivity index (χ0) is 10.8. The van der Waals surface area contributed by atoms with Crippen LogP contribution in [0.2, 0.25) is 0 Å². The summed E-state index contributed by atoms with van der Waals surface area (Å²) in [5.41, 5.74) is 0. The van der Waals surface area contributed by atoms with Crippen LogP contribution < -0.4 is 0 Å². The Morgan fingerprint density at radius 3 is 2.79 bits per heavy atom. The van der Waals surface area contributed by atoms with Gasteiger partial charge in [-0.3, -0.25) is 4.79 Å². The summed E-state index contributed by atoms with van der Waals surface area (Å²) in [6.07, 6.45) is 2.39. The first kappa shape index (κ1) is 13.7. The van der Waals surface area contributed by atoms with Gasteiger partial charge in [0.05, 0.1) is 12.5 Å². The van der Waals surface area contributed by atoms with Crippen molar-refractivity contribution in [3.8, 4) is 0 Å². The first-order valence-corrected chi connectivity index (χ1v) is 5.57. The Hall–Kier alpha value is -0.280.